The molecule has 0 unspecified atom stereocenters. The van der Waals surface area contributed by atoms with E-state index in [-0.39, 0.29) is 23.9 Å². The Morgan fingerprint density at radius 2 is 1.88 bits per heavy atom. The van der Waals surface area contributed by atoms with Crippen LogP contribution in [0.5, 0.6) is 5.75 Å². The van der Waals surface area contributed by atoms with Crippen LogP contribution in [0.1, 0.15) is 44.9 Å². The van der Waals surface area contributed by atoms with E-state index >= 15 is 0 Å². The number of methoxy groups -OCH3 is 1. The molecule has 26 heavy (non-hydrogen) atoms. The molecule has 6 heteroatoms. The molecule has 3 fully saturated rings. The Balaban J connectivity index is 1.59. The first-order valence-corrected chi connectivity index (χ1v) is 9.63. The fourth-order valence-electron chi connectivity index (χ4n) is 4.78. The Hall–Kier alpha value is -2.24. The zero-order valence-corrected chi connectivity index (χ0v) is 15.3. The van der Waals surface area contributed by atoms with Crippen LogP contribution in [0.2, 0.25) is 0 Å². The molecule has 0 spiro atoms. The third-order valence-corrected chi connectivity index (χ3v) is 6.15. The van der Waals surface area contributed by atoms with E-state index in [0.717, 1.165) is 50.0 Å². The summed E-state index contributed by atoms with van der Waals surface area (Å²) in [6, 6.07) is 7.93. The van der Waals surface area contributed by atoms with Crippen LogP contribution in [-0.2, 0) is 9.59 Å². The zero-order valence-electron chi connectivity index (χ0n) is 15.3. The van der Waals surface area contributed by atoms with Gasteiger partial charge in [-0.3, -0.25) is 9.59 Å². The molecule has 2 heterocycles. The molecule has 2 amide bonds. The average Bonchev–Trinajstić information content (AvgIpc) is 3.23. The summed E-state index contributed by atoms with van der Waals surface area (Å²) < 4.78 is 5.23. The zero-order chi connectivity index (χ0) is 18.1. The maximum Gasteiger partial charge on any atom is 0.248 e. The number of benzene rings is 1. The largest absolute Gasteiger partial charge is 0.497 e. The van der Waals surface area contributed by atoms with Crippen molar-refractivity contribution in [2.75, 3.05) is 19.0 Å². The number of nitrogens with one attached hydrogen (secondary N) is 2. The van der Waals surface area contributed by atoms with Crippen LogP contribution in [0, 0.1) is 0 Å². The van der Waals surface area contributed by atoms with E-state index in [0.29, 0.717) is 13.0 Å². The van der Waals surface area contributed by atoms with Gasteiger partial charge >= 0.3 is 0 Å². The third-order valence-electron chi connectivity index (χ3n) is 6.15. The molecule has 0 radical (unpaired) electrons. The highest BCUT2D eigenvalue weighted by Crippen LogP contribution is 2.39. The van der Waals surface area contributed by atoms with Gasteiger partial charge in [0.1, 0.15) is 11.3 Å². The van der Waals surface area contributed by atoms with Crippen molar-refractivity contribution >= 4 is 17.5 Å². The number of hydrogen-bond donors (Lipinski definition) is 2. The number of carbonyl (C=O) groups is 2. The summed E-state index contributed by atoms with van der Waals surface area (Å²) in [5.74, 6) is 1.05. The lowest BCUT2D eigenvalue weighted by Gasteiger charge is -2.38. The average molecular weight is 357 g/mol. The van der Waals surface area contributed by atoms with Gasteiger partial charge < -0.3 is 20.3 Å². The Kier molecular flexibility index (Phi) is 4.51. The van der Waals surface area contributed by atoms with Crippen LogP contribution < -0.4 is 15.4 Å². The highest BCUT2D eigenvalue weighted by molar-refractivity contribution is 5.91. The van der Waals surface area contributed by atoms with Crippen molar-refractivity contribution in [1.29, 1.82) is 0 Å². The first-order valence-electron chi connectivity index (χ1n) is 9.63. The predicted molar refractivity (Wildman–Crippen MR) is 99.1 cm³/mol. The van der Waals surface area contributed by atoms with Crippen LogP contribution >= 0.6 is 0 Å². The Labute approximate surface area is 154 Å². The van der Waals surface area contributed by atoms with Crippen LogP contribution in [0.4, 0.5) is 5.69 Å². The van der Waals surface area contributed by atoms with E-state index in [1.54, 1.807) is 7.11 Å². The fourth-order valence-corrected chi connectivity index (χ4v) is 4.78. The number of carbonyl (C=O) groups excluding carboxylic acids is 2. The minimum Gasteiger partial charge on any atom is -0.497 e. The van der Waals surface area contributed by atoms with Gasteiger partial charge in [0.25, 0.3) is 0 Å². The van der Waals surface area contributed by atoms with Gasteiger partial charge in [-0.1, -0.05) is 12.8 Å². The molecule has 1 aromatic rings. The molecule has 2 N–H and O–H groups in total. The van der Waals surface area contributed by atoms with Gasteiger partial charge in [0.15, 0.2) is 0 Å². The van der Waals surface area contributed by atoms with E-state index in [2.05, 4.69) is 10.6 Å². The first-order chi connectivity index (χ1) is 12.6. The minimum atomic E-state index is -0.553. The van der Waals surface area contributed by atoms with Crippen molar-refractivity contribution < 1.29 is 14.3 Å². The van der Waals surface area contributed by atoms with Gasteiger partial charge in [0.2, 0.25) is 11.8 Å². The van der Waals surface area contributed by atoms with E-state index < -0.39 is 5.54 Å². The lowest BCUT2D eigenvalue weighted by molar-refractivity contribution is -0.138. The van der Waals surface area contributed by atoms with Crippen LogP contribution in [-0.4, -0.2) is 48.0 Å². The molecule has 6 nitrogen and oxygen atoms in total. The number of ether oxygens (including phenoxy) is 1. The van der Waals surface area contributed by atoms with Crippen molar-refractivity contribution in [1.82, 2.24) is 10.2 Å². The minimum absolute atomic E-state index is 0.0464. The number of anilines is 1. The summed E-state index contributed by atoms with van der Waals surface area (Å²) in [5, 5.41) is 6.51. The lowest BCUT2D eigenvalue weighted by atomic mass is 9.93. The van der Waals surface area contributed by atoms with E-state index in [9.17, 15) is 9.59 Å². The first kappa shape index (κ1) is 17.2. The Morgan fingerprint density at radius 3 is 2.58 bits per heavy atom. The van der Waals surface area contributed by atoms with Crippen LogP contribution in [0.15, 0.2) is 24.3 Å². The fraction of sp³-hybridized carbons (Fsp3) is 0.600. The summed E-state index contributed by atoms with van der Waals surface area (Å²) in [6.07, 6.45) is 6.13. The molecule has 2 bridgehead atoms. The highest BCUT2D eigenvalue weighted by Gasteiger charge is 2.49. The second kappa shape index (κ2) is 6.82. The van der Waals surface area contributed by atoms with Crippen molar-refractivity contribution in [3.05, 3.63) is 24.3 Å². The van der Waals surface area contributed by atoms with E-state index in [4.69, 9.17) is 4.74 Å². The smallest absolute Gasteiger partial charge is 0.248 e. The van der Waals surface area contributed by atoms with Gasteiger partial charge in [0, 0.05) is 30.7 Å². The molecule has 1 aliphatic carbocycles. The second-order valence-electron chi connectivity index (χ2n) is 7.75. The van der Waals surface area contributed by atoms with Crippen molar-refractivity contribution in [2.45, 2.75) is 62.6 Å². The number of rotatable bonds is 4. The van der Waals surface area contributed by atoms with Gasteiger partial charge in [-0.15, -0.1) is 0 Å². The summed E-state index contributed by atoms with van der Waals surface area (Å²) >= 11 is 0. The standard InChI is InChI=1S/C20H27N3O3/c1-26-17-8-4-14(5-9-17)22-20(10-2-3-11-20)19(25)23-15-6-7-16(23)13-21-18(24)12-15/h4-5,8-9,15-16,22H,2-3,6-7,10-13H2,1H3,(H,21,24)/t15-,16+/m1/s1. The molecule has 140 valence electrons. The number of fused-ring (bicyclic) bond motifs is 2. The Bertz CT molecular complexity index is 682. The topological polar surface area (TPSA) is 70.7 Å². The molecule has 1 saturated carbocycles. The Morgan fingerprint density at radius 1 is 1.19 bits per heavy atom. The molecular weight excluding hydrogens is 330 g/mol. The maximum atomic E-state index is 13.7. The predicted octanol–water partition coefficient (Wildman–Crippen LogP) is 2.30. The van der Waals surface area contributed by atoms with Crippen molar-refractivity contribution in [3.63, 3.8) is 0 Å². The van der Waals surface area contributed by atoms with E-state index in [1.165, 1.54) is 0 Å². The quantitative estimate of drug-likeness (QED) is 0.867. The molecule has 2 saturated heterocycles. The molecule has 1 aromatic carbocycles. The van der Waals surface area contributed by atoms with Gasteiger partial charge in [0.05, 0.1) is 7.11 Å². The lowest BCUT2D eigenvalue weighted by Crippen LogP contribution is -2.56. The second-order valence-corrected chi connectivity index (χ2v) is 7.75. The summed E-state index contributed by atoms with van der Waals surface area (Å²) in [6.45, 7) is 0.583. The van der Waals surface area contributed by atoms with Gasteiger partial charge in [-0.2, -0.15) is 0 Å². The normalized spacial score (nSPS) is 27.0. The van der Waals surface area contributed by atoms with Gasteiger partial charge in [-0.25, -0.2) is 0 Å². The molecule has 0 aromatic heterocycles. The van der Waals surface area contributed by atoms with Gasteiger partial charge in [-0.05, 0) is 49.9 Å². The molecule has 4 rings (SSSR count). The van der Waals surface area contributed by atoms with E-state index in [1.807, 2.05) is 29.2 Å². The SMILES string of the molecule is COc1ccc(NC2(C(=O)N3[C@@H]4CC[C@H]3CNC(=O)C4)CCCC2)cc1. The summed E-state index contributed by atoms with van der Waals surface area (Å²) in [4.78, 5) is 27.6. The number of hydrogen-bond acceptors (Lipinski definition) is 4. The monoisotopic (exact) mass is 357 g/mol. The van der Waals surface area contributed by atoms with Crippen LogP contribution in [0.3, 0.4) is 0 Å². The molecule has 3 aliphatic rings. The number of amides is 2. The third kappa shape index (κ3) is 3.02. The molecular formula is C20H27N3O3. The maximum absolute atomic E-state index is 13.7. The van der Waals surface area contributed by atoms with Crippen molar-refractivity contribution in [2.24, 2.45) is 0 Å². The molecule has 2 atom stereocenters. The van der Waals surface area contributed by atoms with Crippen molar-refractivity contribution in [3.8, 4) is 5.75 Å². The summed E-state index contributed by atoms with van der Waals surface area (Å²) in [7, 11) is 1.65. The number of nitrogens with zero attached hydrogens (tertiary/aromatic N) is 1. The summed E-state index contributed by atoms with van der Waals surface area (Å²) in [5.41, 5.74) is 0.389. The molecule has 2 aliphatic heterocycles. The van der Waals surface area contributed by atoms with Crippen LogP contribution in [0.25, 0.3) is 0 Å². The highest BCUT2D eigenvalue weighted by atomic mass is 16.5.